The van der Waals surface area contributed by atoms with Gasteiger partial charge in [0.05, 0.1) is 34.3 Å². The summed E-state index contributed by atoms with van der Waals surface area (Å²) in [5.74, 6) is -1.55. The van der Waals surface area contributed by atoms with E-state index in [0.29, 0.717) is 24.8 Å². The zero-order valence-corrected chi connectivity index (χ0v) is 27.8. The molecular formula is C37H48N2O7. The standard InChI is InChI=1S/C37H48N2O7/c1-5-9-12-13-14-15-16-17-29(40)38-28-23-24(35(43)45-8-4)22-27-31(41)26-19-18-25-30(33(26)46-32(27)28)39-36(44)37(34(25)42,20-10-6-2)21-11-7-3/h18-19,22-23H,5-17,20-21H2,1-4H3,(H,38,40)(H,39,44). The Kier molecular flexibility index (Phi) is 12.1. The molecule has 248 valence electrons. The number of ketones is 1. The van der Waals surface area contributed by atoms with Gasteiger partial charge in [-0.3, -0.25) is 19.2 Å². The molecule has 1 aromatic heterocycles. The van der Waals surface area contributed by atoms with E-state index in [-0.39, 0.29) is 69.5 Å². The summed E-state index contributed by atoms with van der Waals surface area (Å²) in [4.78, 5) is 67.5. The van der Waals surface area contributed by atoms with Crippen LogP contribution in [0.1, 0.15) is 138 Å². The molecule has 0 bridgehead atoms. The van der Waals surface area contributed by atoms with Crippen molar-refractivity contribution < 1.29 is 28.3 Å². The summed E-state index contributed by atoms with van der Waals surface area (Å²) in [6.07, 6.45) is 11.7. The van der Waals surface area contributed by atoms with Crippen molar-refractivity contribution in [1.82, 2.24) is 0 Å². The second-order valence-electron chi connectivity index (χ2n) is 12.4. The van der Waals surface area contributed by atoms with Gasteiger partial charge in [0.2, 0.25) is 17.2 Å². The summed E-state index contributed by atoms with van der Waals surface area (Å²) in [5, 5.41) is 6.02. The molecule has 0 fully saturated rings. The molecule has 2 amide bonds. The summed E-state index contributed by atoms with van der Waals surface area (Å²) in [7, 11) is 0. The van der Waals surface area contributed by atoms with Crippen LogP contribution in [0.15, 0.2) is 33.5 Å². The highest BCUT2D eigenvalue weighted by molar-refractivity contribution is 6.27. The largest absolute Gasteiger partial charge is 0.462 e. The van der Waals surface area contributed by atoms with Gasteiger partial charge in [-0.1, -0.05) is 85.0 Å². The fraction of sp³-hybridized carbons (Fsp3) is 0.541. The molecule has 2 aromatic carbocycles. The number of benzene rings is 2. The molecule has 2 N–H and O–H groups in total. The van der Waals surface area contributed by atoms with Gasteiger partial charge in [0.15, 0.2) is 16.9 Å². The van der Waals surface area contributed by atoms with E-state index in [1.54, 1.807) is 13.0 Å². The molecule has 0 atom stereocenters. The lowest BCUT2D eigenvalue weighted by Crippen LogP contribution is -2.47. The van der Waals surface area contributed by atoms with Gasteiger partial charge in [0.25, 0.3) is 0 Å². The van der Waals surface area contributed by atoms with Gasteiger partial charge in [-0.05, 0) is 50.5 Å². The molecular weight excluding hydrogens is 584 g/mol. The topological polar surface area (TPSA) is 132 Å². The van der Waals surface area contributed by atoms with Crippen molar-refractivity contribution in [2.75, 3.05) is 17.2 Å². The highest BCUT2D eigenvalue weighted by Crippen LogP contribution is 2.44. The molecule has 1 aliphatic heterocycles. The number of rotatable bonds is 17. The lowest BCUT2D eigenvalue weighted by molar-refractivity contribution is -0.124. The third-order valence-corrected chi connectivity index (χ3v) is 9.00. The average molecular weight is 633 g/mol. The Morgan fingerprint density at radius 3 is 2.11 bits per heavy atom. The first-order valence-corrected chi connectivity index (χ1v) is 17.1. The first-order chi connectivity index (χ1) is 22.2. The third-order valence-electron chi connectivity index (χ3n) is 9.00. The summed E-state index contributed by atoms with van der Waals surface area (Å²) < 4.78 is 11.5. The van der Waals surface area contributed by atoms with Crippen LogP contribution in [0, 0.1) is 5.41 Å². The molecule has 0 radical (unpaired) electrons. The quantitative estimate of drug-likeness (QED) is 0.0658. The Morgan fingerprint density at radius 2 is 1.46 bits per heavy atom. The molecule has 1 aliphatic rings. The van der Waals surface area contributed by atoms with Gasteiger partial charge in [0, 0.05) is 12.0 Å². The lowest BCUT2D eigenvalue weighted by Gasteiger charge is -2.35. The maximum absolute atomic E-state index is 14.1. The summed E-state index contributed by atoms with van der Waals surface area (Å²) >= 11 is 0. The predicted molar refractivity (Wildman–Crippen MR) is 182 cm³/mol. The number of amides is 2. The van der Waals surface area contributed by atoms with Crippen LogP contribution in [0.3, 0.4) is 0 Å². The lowest BCUT2D eigenvalue weighted by atomic mass is 9.69. The molecule has 0 aliphatic carbocycles. The molecule has 0 saturated heterocycles. The Hall–Kier alpha value is -4.01. The van der Waals surface area contributed by atoms with Crippen LogP contribution in [-0.4, -0.2) is 30.2 Å². The maximum atomic E-state index is 14.1. The van der Waals surface area contributed by atoms with Crippen LogP contribution in [0.25, 0.3) is 21.9 Å². The van der Waals surface area contributed by atoms with Crippen molar-refractivity contribution in [1.29, 1.82) is 0 Å². The molecule has 0 unspecified atom stereocenters. The zero-order chi connectivity index (χ0) is 33.3. The number of Topliss-reactive ketones (excluding diaryl/α,β-unsaturated/α-hetero) is 1. The van der Waals surface area contributed by atoms with E-state index in [2.05, 4.69) is 17.6 Å². The van der Waals surface area contributed by atoms with Gasteiger partial charge in [-0.2, -0.15) is 0 Å². The van der Waals surface area contributed by atoms with Crippen molar-refractivity contribution in [2.45, 2.75) is 118 Å². The number of esters is 1. The minimum atomic E-state index is -1.17. The minimum absolute atomic E-state index is 0.0577. The van der Waals surface area contributed by atoms with Gasteiger partial charge in [-0.25, -0.2) is 4.79 Å². The smallest absolute Gasteiger partial charge is 0.338 e. The molecule has 0 spiro atoms. The number of fused-ring (bicyclic) bond motifs is 4. The molecule has 2 heterocycles. The third kappa shape index (κ3) is 7.34. The van der Waals surface area contributed by atoms with E-state index in [4.69, 9.17) is 9.15 Å². The molecule has 0 saturated carbocycles. The van der Waals surface area contributed by atoms with Crippen LogP contribution < -0.4 is 16.1 Å². The minimum Gasteiger partial charge on any atom is -0.462 e. The Bertz CT molecular complexity index is 1650. The summed E-state index contributed by atoms with van der Waals surface area (Å²) in [6, 6.07) is 5.95. The molecule has 46 heavy (non-hydrogen) atoms. The number of nitrogens with one attached hydrogen (secondary N) is 2. The first-order valence-electron chi connectivity index (χ1n) is 17.1. The SMILES string of the molecule is CCCCCCCCCC(=O)Nc1cc(C(=O)OCC)cc2c(=O)c3ccc4c(c3oc12)NC(=O)C(CCCC)(CCCC)C4=O. The van der Waals surface area contributed by atoms with Crippen LogP contribution in [0.4, 0.5) is 11.4 Å². The number of carbonyl (C=O) groups excluding carboxylic acids is 4. The van der Waals surface area contributed by atoms with Gasteiger partial charge in [0.1, 0.15) is 5.41 Å². The van der Waals surface area contributed by atoms with Gasteiger partial charge in [-0.15, -0.1) is 0 Å². The van der Waals surface area contributed by atoms with Crippen LogP contribution in [0.5, 0.6) is 0 Å². The number of anilines is 2. The summed E-state index contributed by atoms with van der Waals surface area (Å²) in [5.41, 5.74) is -0.801. The molecule has 4 rings (SSSR count). The van der Waals surface area contributed by atoms with Crippen molar-refractivity contribution in [3.8, 4) is 0 Å². The number of hydrogen-bond acceptors (Lipinski definition) is 7. The number of ether oxygens (including phenoxy) is 1. The van der Waals surface area contributed by atoms with Crippen LogP contribution in [-0.2, 0) is 14.3 Å². The highest BCUT2D eigenvalue weighted by atomic mass is 16.5. The Morgan fingerprint density at radius 1 is 0.804 bits per heavy atom. The van der Waals surface area contributed by atoms with E-state index >= 15 is 0 Å². The van der Waals surface area contributed by atoms with Gasteiger partial charge >= 0.3 is 5.97 Å². The molecule has 3 aromatic rings. The summed E-state index contributed by atoms with van der Waals surface area (Å²) in [6.45, 7) is 8.05. The molecule has 9 nitrogen and oxygen atoms in total. The average Bonchev–Trinajstić information content (AvgIpc) is 3.04. The number of unbranched alkanes of at least 4 members (excludes halogenated alkanes) is 8. The Balaban J connectivity index is 1.77. The maximum Gasteiger partial charge on any atom is 0.338 e. The van der Waals surface area contributed by atoms with Crippen LogP contribution in [0.2, 0.25) is 0 Å². The number of hydrogen-bond donors (Lipinski definition) is 2. The fourth-order valence-corrected chi connectivity index (χ4v) is 6.35. The highest BCUT2D eigenvalue weighted by Gasteiger charge is 2.49. The predicted octanol–water partition coefficient (Wildman–Crippen LogP) is 8.70. The van der Waals surface area contributed by atoms with Crippen molar-refractivity contribution in [3.05, 3.63) is 45.6 Å². The van der Waals surface area contributed by atoms with E-state index in [1.165, 1.54) is 37.5 Å². The van der Waals surface area contributed by atoms with Crippen LogP contribution >= 0.6 is 0 Å². The van der Waals surface area contributed by atoms with E-state index in [1.807, 2.05) is 13.8 Å². The second-order valence-corrected chi connectivity index (χ2v) is 12.4. The zero-order valence-electron chi connectivity index (χ0n) is 27.8. The fourth-order valence-electron chi connectivity index (χ4n) is 6.35. The van der Waals surface area contributed by atoms with E-state index < -0.39 is 16.8 Å². The molecule has 9 heteroatoms. The monoisotopic (exact) mass is 632 g/mol. The normalized spacial score (nSPS) is 13.9. The van der Waals surface area contributed by atoms with Gasteiger partial charge < -0.3 is 19.8 Å². The number of carbonyl (C=O) groups is 4. The van der Waals surface area contributed by atoms with E-state index in [9.17, 15) is 24.0 Å². The Labute approximate surface area is 270 Å². The first kappa shape index (κ1) is 34.9. The van der Waals surface area contributed by atoms with Crippen molar-refractivity contribution in [2.24, 2.45) is 5.41 Å². The van der Waals surface area contributed by atoms with Crippen molar-refractivity contribution in [3.63, 3.8) is 0 Å². The second kappa shape index (κ2) is 16.0. The van der Waals surface area contributed by atoms with Crippen molar-refractivity contribution >= 4 is 56.9 Å². The van der Waals surface area contributed by atoms with E-state index in [0.717, 1.165) is 44.9 Å².